The minimum Gasteiger partial charge on any atom is -0.373 e. The molecule has 0 amide bonds. The van der Waals surface area contributed by atoms with Crippen LogP contribution in [0.15, 0.2) is 18.5 Å². The lowest BCUT2D eigenvalue weighted by atomic mass is 9.96. The molecule has 0 bridgehead atoms. The van der Waals surface area contributed by atoms with Gasteiger partial charge in [0.05, 0.1) is 0 Å². The lowest BCUT2D eigenvalue weighted by Gasteiger charge is -2.18. The maximum absolute atomic E-state index is 4.62. The molecule has 0 atom stereocenters. The highest BCUT2D eigenvalue weighted by Crippen LogP contribution is 2.26. The number of nitrogens with zero attached hydrogens (tertiary/aromatic N) is 4. The zero-order valence-corrected chi connectivity index (χ0v) is 10.3. The number of aromatic nitrogens is 4. The molecule has 0 aliphatic heterocycles. The van der Waals surface area contributed by atoms with Gasteiger partial charge in [0, 0.05) is 30.7 Å². The van der Waals surface area contributed by atoms with Gasteiger partial charge in [-0.25, -0.2) is 19.9 Å². The van der Waals surface area contributed by atoms with Gasteiger partial charge in [-0.15, -0.1) is 0 Å². The SMILES string of the molecule is CNc1nc(-c2ncccn2)nc2c1CCCC2. The van der Waals surface area contributed by atoms with Gasteiger partial charge in [-0.2, -0.15) is 0 Å². The molecule has 3 rings (SSSR count). The van der Waals surface area contributed by atoms with Crippen LogP contribution in [0.4, 0.5) is 5.82 Å². The summed E-state index contributed by atoms with van der Waals surface area (Å²) in [4.78, 5) is 17.6. The second-order valence-corrected chi connectivity index (χ2v) is 4.35. The van der Waals surface area contributed by atoms with Crippen LogP contribution in [0.3, 0.4) is 0 Å². The van der Waals surface area contributed by atoms with Gasteiger partial charge < -0.3 is 5.32 Å². The number of hydrogen-bond donors (Lipinski definition) is 1. The Bertz CT molecular complexity index is 536. The van der Waals surface area contributed by atoms with Crippen molar-refractivity contribution in [3.8, 4) is 11.6 Å². The highest BCUT2D eigenvalue weighted by atomic mass is 15.1. The number of hydrogen-bond acceptors (Lipinski definition) is 5. The smallest absolute Gasteiger partial charge is 0.199 e. The molecule has 0 saturated carbocycles. The van der Waals surface area contributed by atoms with Gasteiger partial charge >= 0.3 is 0 Å². The molecule has 1 aliphatic rings. The summed E-state index contributed by atoms with van der Waals surface area (Å²) in [5.74, 6) is 2.12. The van der Waals surface area contributed by atoms with Crippen LogP contribution in [0.2, 0.25) is 0 Å². The Morgan fingerprint density at radius 1 is 1.00 bits per heavy atom. The van der Waals surface area contributed by atoms with E-state index in [9.17, 15) is 0 Å². The van der Waals surface area contributed by atoms with Crippen molar-refractivity contribution in [2.24, 2.45) is 0 Å². The minimum atomic E-state index is 0.586. The average molecular weight is 241 g/mol. The number of aryl methyl sites for hydroxylation is 1. The van der Waals surface area contributed by atoms with Crippen molar-refractivity contribution in [1.82, 2.24) is 19.9 Å². The fourth-order valence-electron chi connectivity index (χ4n) is 2.32. The topological polar surface area (TPSA) is 63.6 Å². The third kappa shape index (κ3) is 1.92. The summed E-state index contributed by atoms with van der Waals surface area (Å²) in [5, 5.41) is 3.16. The van der Waals surface area contributed by atoms with Gasteiger partial charge in [-0.1, -0.05) is 0 Å². The third-order valence-electron chi connectivity index (χ3n) is 3.19. The van der Waals surface area contributed by atoms with Crippen LogP contribution in [-0.2, 0) is 12.8 Å². The largest absolute Gasteiger partial charge is 0.373 e. The van der Waals surface area contributed by atoms with E-state index in [0.29, 0.717) is 11.6 Å². The first-order valence-electron chi connectivity index (χ1n) is 6.23. The molecule has 0 aromatic carbocycles. The summed E-state index contributed by atoms with van der Waals surface area (Å²) in [7, 11) is 1.90. The maximum Gasteiger partial charge on any atom is 0.199 e. The number of nitrogens with one attached hydrogen (secondary N) is 1. The van der Waals surface area contributed by atoms with Gasteiger partial charge in [0.15, 0.2) is 11.6 Å². The van der Waals surface area contributed by atoms with E-state index >= 15 is 0 Å². The van der Waals surface area contributed by atoms with Gasteiger partial charge in [-0.05, 0) is 31.7 Å². The number of rotatable bonds is 2. The van der Waals surface area contributed by atoms with E-state index in [2.05, 4.69) is 25.3 Å². The number of anilines is 1. The van der Waals surface area contributed by atoms with Crippen LogP contribution >= 0.6 is 0 Å². The van der Waals surface area contributed by atoms with Crippen LogP contribution in [-0.4, -0.2) is 27.0 Å². The lowest BCUT2D eigenvalue weighted by molar-refractivity contribution is 0.664. The van der Waals surface area contributed by atoms with Crippen LogP contribution in [0.5, 0.6) is 0 Å². The Morgan fingerprint density at radius 3 is 2.56 bits per heavy atom. The predicted molar refractivity (Wildman–Crippen MR) is 69.2 cm³/mol. The molecule has 0 unspecified atom stereocenters. The third-order valence-corrected chi connectivity index (χ3v) is 3.19. The zero-order valence-electron chi connectivity index (χ0n) is 10.3. The van der Waals surface area contributed by atoms with E-state index in [1.165, 1.54) is 18.4 Å². The summed E-state index contributed by atoms with van der Waals surface area (Å²) >= 11 is 0. The van der Waals surface area contributed by atoms with Crippen molar-refractivity contribution in [3.63, 3.8) is 0 Å². The molecule has 92 valence electrons. The molecule has 2 heterocycles. The molecule has 0 fully saturated rings. The highest BCUT2D eigenvalue weighted by Gasteiger charge is 2.18. The molecule has 1 N–H and O–H groups in total. The van der Waals surface area contributed by atoms with Crippen LogP contribution in [0.1, 0.15) is 24.1 Å². The van der Waals surface area contributed by atoms with Crippen molar-refractivity contribution in [1.29, 1.82) is 0 Å². The molecule has 0 saturated heterocycles. The molecule has 2 aromatic heterocycles. The van der Waals surface area contributed by atoms with E-state index in [-0.39, 0.29) is 0 Å². The Labute approximate surface area is 106 Å². The molecular weight excluding hydrogens is 226 g/mol. The molecule has 0 radical (unpaired) electrons. The normalized spacial score (nSPS) is 14.1. The fourth-order valence-corrected chi connectivity index (χ4v) is 2.32. The maximum atomic E-state index is 4.62. The summed E-state index contributed by atoms with van der Waals surface area (Å²) in [6.45, 7) is 0. The summed E-state index contributed by atoms with van der Waals surface area (Å²) < 4.78 is 0. The van der Waals surface area contributed by atoms with Gasteiger partial charge in [0.1, 0.15) is 5.82 Å². The zero-order chi connectivity index (χ0) is 12.4. The fraction of sp³-hybridized carbons (Fsp3) is 0.385. The van der Waals surface area contributed by atoms with E-state index in [1.54, 1.807) is 18.5 Å². The Balaban J connectivity index is 2.12. The predicted octanol–water partition coefficient (Wildman–Crippen LogP) is 1.85. The van der Waals surface area contributed by atoms with Gasteiger partial charge in [0.2, 0.25) is 0 Å². The molecule has 1 aliphatic carbocycles. The van der Waals surface area contributed by atoms with Crippen molar-refractivity contribution in [2.45, 2.75) is 25.7 Å². The molecule has 18 heavy (non-hydrogen) atoms. The first kappa shape index (κ1) is 11.1. The summed E-state index contributed by atoms with van der Waals surface area (Å²) in [6.07, 6.45) is 7.91. The van der Waals surface area contributed by atoms with E-state index < -0.39 is 0 Å². The van der Waals surface area contributed by atoms with Crippen LogP contribution in [0, 0.1) is 0 Å². The molecule has 0 spiro atoms. The molecule has 2 aromatic rings. The van der Waals surface area contributed by atoms with Crippen molar-refractivity contribution in [3.05, 3.63) is 29.7 Å². The van der Waals surface area contributed by atoms with Crippen LogP contribution < -0.4 is 5.32 Å². The minimum absolute atomic E-state index is 0.586. The lowest BCUT2D eigenvalue weighted by Crippen LogP contribution is -2.12. The summed E-state index contributed by atoms with van der Waals surface area (Å²) in [6, 6.07) is 1.79. The monoisotopic (exact) mass is 241 g/mol. The standard InChI is InChI=1S/C13H15N5/c1-14-11-9-5-2-3-6-10(9)17-13(18-11)12-15-7-4-8-16-12/h4,7-8H,2-3,5-6H2,1H3,(H,14,17,18). The first-order chi connectivity index (χ1) is 8.88. The van der Waals surface area contributed by atoms with Crippen molar-refractivity contribution < 1.29 is 0 Å². The molecule has 5 heteroatoms. The second kappa shape index (κ2) is 4.68. The second-order valence-electron chi connectivity index (χ2n) is 4.35. The van der Waals surface area contributed by atoms with Crippen LogP contribution in [0.25, 0.3) is 11.6 Å². The Morgan fingerprint density at radius 2 is 1.78 bits per heavy atom. The van der Waals surface area contributed by atoms with E-state index in [4.69, 9.17) is 0 Å². The molecular formula is C13H15N5. The van der Waals surface area contributed by atoms with Crippen molar-refractivity contribution >= 4 is 5.82 Å². The molecule has 5 nitrogen and oxygen atoms in total. The number of fused-ring (bicyclic) bond motifs is 1. The van der Waals surface area contributed by atoms with Gasteiger partial charge in [0.25, 0.3) is 0 Å². The Hall–Kier alpha value is -2.04. The summed E-state index contributed by atoms with van der Waals surface area (Å²) in [5.41, 5.74) is 2.39. The average Bonchev–Trinajstić information content (AvgIpc) is 2.47. The van der Waals surface area contributed by atoms with E-state index in [1.807, 2.05) is 7.05 Å². The first-order valence-corrected chi connectivity index (χ1v) is 6.23. The Kier molecular flexibility index (Phi) is 2.88. The van der Waals surface area contributed by atoms with E-state index in [0.717, 1.165) is 24.4 Å². The van der Waals surface area contributed by atoms with Crippen molar-refractivity contribution in [2.75, 3.05) is 12.4 Å². The quantitative estimate of drug-likeness (QED) is 0.869. The highest BCUT2D eigenvalue weighted by molar-refractivity contribution is 5.54. The van der Waals surface area contributed by atoms with Gasteiger partial charge in [-0.3, -0.25) is 0 Å².